The maximum absolute atomic E-state index is 14.4. The van der Waals surface area contributed by atoms with Crippen LogP contribution in [0.3, 0.4) is 0 Å². The summed E-state index contributed by atoms with van der Waals surface area (Å²) in [6, 6.07) is 13.9. The van der Waals surface area contributed by atoms with Crippen molar-refractivity contribution in [2.24, 2.45) is 0 Å². The summed E-state index contributed by atoms with van der Waals surface area (Å²) in [4.78, 5) is 25.2. The Morgan fingerprint density at radius 1 is 1.07 bits per heavy atom. The van der Waals surface area contributed by atoms with Crippen molar-refractivity contribution in [2.45, 2.75) is 50.9 Å². The SMILES string of the molecule is CC(C)c1ccccc1NC(=O)COC(=O)C1(c2ccccc2F)CCCC1. The lowest BCUT2D eigenvalue weighted by molar-refractivity contribution is -0.153. The number of carbonyl (C=O) groups excluding carboxylic acids is 2. The van der Waals surface area contributed by atoms with Gasteiger partial charge in [-0.15, -0.1) is 0 Å². The minimum absolute atomic E-state index is 0.252. The highest BCUT2D eigenvalue weighted by atomic mass is 19.1. The summed E-state index contributed by atoms with van der Waals surface area (Å²) in [5.41, 5.74) is 1.09. The Hall–Kier alpha value is -2.69. The Morgan fingerprint density at radius 3 is 2.39 bits per heavy atom. The minimum atomic E-state index is -0.999. The van der Waals surface area contributed by atoms with Gasteiger partial charge in [0.1, 0.15) is 5.82 Å². The summed E-state index contributed by atoms with van der Waals surface area (Å²) in [6.07, 6.45) is 2.73. The maximum atomic E-state index is 14.4. The van der Waals surface area contributed by atoms with Gasteiger partial charge in [-0.2, -0.15) is 0 Å². The van der Waals surface area contributed by atoms with Crippen molar-refractivity contribution in [1.82, 2.24) is 0 Å². The van der Waals surface area contributed by atoms with Crippen molar-refractivity contribution in [3.8, 4) is 0 Å². The summed E-state index contributed by atoms with van der Waals surface area (Å²) in [7, 11) is 0. The number of amides is 1. The Morgan fingerprint density at radius 2 is 1.71 bits per heavy atom. The number of hydrogen-bond donors (Lipinski definition) is 1. The molecule has 28 heavy (non-hydrogen) atoms. The second-order valence-corrected chi connectivity index (χ2v) is 7.64. The topological polar surface area (TPSA) is 55.4 Å². The highest BCUT2D eigenvalue weighted by molar-refractivity contribution is 5.94. The zero-order valence-corrected chi connectivity index (χ0v) is 16.3. The summed E-state index contributed by atoms with van der Waals surface area (Å²) in [5, 5.41) is 2.81. The molecule has 2 aromatic carbocycles. The summed E-state index contributed by atoms with van der Waals surface area (Å²) in [6.45, 7) is 3.70. The molecule has 1 aliphatic carbocycles. The molecule has 1 saturated carbocycles. The molecule has 0 heterocycles. The van der Waals surface area contributed by atoms with Gasteiger partial charge < -0.3 is 10.1 Å². The number of halogens is 1. The van der Waals surface area contributed by atoms with Gasteiger partial charge in [-0.1, -0.05) is 63.1 Å². The average Bonchev–Trinajstić information content (AvgIpc) is 3.17. The van der Waals surface area contributed by atoms with Crippen molar-refractivity contribution in [3.63, 3.8) is 0 Å². The number of rotatable bonds is 6. The molecule has 1 N–H and O–H groups in total. The molecule has 0 saturated heterocycles. The number of para-hydroxylation sites is 1. The molecule has 0 atom stereocenters. The van der Waals surface area contributed by atoms with Crippen LogP contribution in [-0.2, 0) is 19.7 Å². The zero-order chi connectivity index (χ0) is 20.1. The van der Waals surface area contributed by atoms with Crippen molar-refractivity contribution in [3.05, 3.63) is 65.5 Å². The van der Waals surface area contributed by atoms with Gasteiger partial charge in [0.25, 0.3) is 5.91 Å². The molecular formula is C23H26FNO3. The van der Waals surface area contributed by atoms with Gasteiger partial charge in [0.05, 0.1) is 5.41 Å². The van der Waals surface area contributed by atoms with E-state index < -0.39 is 23.1 Å². The van der Waals surface area contributed by atoms with Gasteiger partial charge in [-0.25, -0.2) is 4.39 Å². The van der Waals surface area contributed by atoms with E-state index >= 15 is 0 Å². The Labute approximate surface area is 165 Å². The first-order chi connectivity index (χ1) is 13.4. The van der Waals surface area contributed by atoms with Crippen LogP contribution in [0.4, 0.5) is 10.1 Å². The number of nitrogens with one attached hydrogen (secondary N) is 1. The van der Waals surface area contributed by atoms with Crippen molar-refractivity contribution in [1.29, 1.82) is 0 Å². The van der Waals surface area contributed by atoms with E-state index in [9.17, 15) is 14.0 Å². The number of carbonyl (C=O) groups is 2. The molecule has 2 aromatic rings. The fourth-order valence-electron chi connectivity index (χ4n) is 3.98. The highest BCUT2D eigenvalue weighted by Gasteiger charge is 2.45. The van der Waals surface area contributed by atoms with E-state index in [2.05, 4.69) is 5.32 Å². The zero-order valence-electron chi connectivity index (χ0n) is 16.3. The second kappa shape index (κ2) is 8.55. The van der Waals surface area contributed by atoms with E-state index in [0.29, 0.717) is 24.1 Å². The fourth-order valence-corrected chi connectivity index (χ4v) is 3.98. The van der Waals surface area contributed by atoms with Crippen LogP contribution >= 0.6 is 0 Å². The van der Waals surface area contributed by atoms with Crippen LogP contribution in [0.25, 0.3) is 0 Å². The third-order valence-electron chi connectivity index (χ3n) is 5.43. The molecule has 0 radical (unpaired) electrons. The number of benzene rings is 2. The van der Waals surface area contributed by atoms with Crippen molar-refractivity contribution in [2.75, 3.05) is 11.9 Å². The van der Waals surface area contributed by atoms with E-state index in [-0.39, 0.29) is 12.5 Å². The third kappa shape index (κ3) is 4.08. The van der Waals surface area contributed by atoms with Crippen LogP contribution in [0.1, 0.15) is 56.6 Å². The van der Waals surface area contributed by atoms with Crippen LogP contribution in [0.15, 0.2) is 48.5 Å². The van der Waals surface area contributed by atoms with Crippen LogP contribution in [0.5, 0.6) is 0 Å². The Bertz CT molecular complexity index is 856. The van der Waals surface area contributed by atoms with E-state index in [1.165, 1.54) is 6.07 Å². The van der Waals surface area contributed by atoms with Gasteiger partial charge in [0.15, 0.2) is 6.61 Å². The predicted molar refractivity (Wildman–Crippen MR) is 107 cm³/mol. The summed E-state index contributed by atoms with van der Waals surface area (Å²) >= 11 is 0. The van der Waals surface area contributed by atoms with Crippen LogP contribution in [0, 0.1) is 5.82 Å². The van der Waals surface area contributed by atoms with E-state index in [1.54, 1.807) is 18.2 Å². The average molecular weight is 383 g/mol. The molecule has 148 valence electrons. The van der Waals surface area contributed by atoms with Gasteiger partial charge in [-0.3, -0.25) is 9.59 Å². The Balaban J connectivity index is 1.69. The second-order valence-electron chi connectivity index (χ2n) is 7.64. The molecule has 0 aromatic heterocycles. The van der Waals surface area contributed by atoms with Gasteiger partial charge in [-0.05, 0) is 36.5 Å². The number of ether oxygens (including phenoxy) is 1. The number of anilines is 1. The number of hydrogen-bond acceptors (Lipinski definition) is 3. The fraction of sp³-hybridized carbons (Fsp3) is 0.391. The molecule has 0 spiro atoms. The molecular weight excluding hydrogens is 357 g/mol. The lowest BCUT2D eigenvalue weighted by atomic mass is 9.78. The smallest absolute Gasteiger partial charge is 0.317 e. The predicted octanol–water partition coefficient (Wildman–Crippen LogP) is 4.94. The van der Waals surface area contributed by atoms with E-state index in [4.69, 9.17) is 4.74 Å². The van der Waals surface area contributed by atoms with Crippen molar-refractivity contribution >= 4 is 17.6 Å². The number of esters is 1. The standard InChI is InChI=1S/C23H26FNO3/c1-16(2)17-9-3-6-12-20(17)25-21(26)15-28-22(27)23(13-7-8-14-23)18-10-4-5-11-19(18)24/h3-6,9-12,16H,7-8,13-15H2,1-2H3,(H,25,26). The van der Waals surface area contributed by atoms with E-state index in [0.717, 1.165) is 18.4 Å². The monoisotopic (exact) mass is 383 g/mol. The van der Waals surface area contributed by atoms with Crippen molar-refractivity contribution < 1.29 is 18.7 Å². The highest BCUT2D eigenvalue weighted by Crippen LogP contribution is 2.43. The molecule has 1 amide bonds. The largest absolute Gasteiger partial charge is 0.455 e. The first kappa shape index (κ1) is 20.1. The molecule has 5 heteroatoms. The molecule has 0 aliphatic heterocycles. The molecule has 3 rings (SSSR count). The van der Waals surface area contributed by atoms with Crippen LogP contribution in [-0.4, -0.2) is 18.5 Å². The molecule has 1 aliphatic rings. The molecule has 4 nitrogen and oxygen atoms in total. The molecule has 0 bridgehead atoms. The quantitative estimate of drug-likeness (QED) is 0.719. The van der Waals surface area contributed by atoms with Gasteiger partial charge >= 0.3 is 5.97 Å². The molecule has 1 fully saturated rings. The summed E-state index contributed by atoms with van der Waals surface area (Å²) in [5.74, 6) is -1.08. The van der Waals surface area contributed by atoms with Gasteiger partial charge in [0, 0.05) is 11.3 Å². The lowest BCUT2D eigenvalue weighted by Gasteiger charge is -2.27. The maximum Gasteiger partial charge on any atom is 0.317 e. The third-order valence-corrected chi connectivity index (χ3v) is 5.43. The van der Waals surface area contributed by atoms with Gasteiger partial charge in [0.2, 0.25) is 0 Å². The van der Waals surface area contributed by atoms with Crippen LogP contribution in [0.2, 0.25) is 0 Å². The first-order valence-electron chi connectivity index (χ1n) is 9.75. The molecule has 0 unspecified atom stereocenters. The Kier molecular flexibility index (Phi) is 6.12. The summed E-state index contributed by atoms with van der Waals surface area (Å²) < 4.78 is 19.7. The normalized spacial score (nSPS) is 15.4. The van der Waals surface area contributed by atoms with E-state index in [1.807, 2.05) is 38.1 Å². The minimum Gasteiger partial charge on any atom is -0.455 e. The van der Waals surface area contributed by atoms with Crippen LogP contribution < -0.4 is 5.32 Å². The first-order valence-corrected chi connectivity index (χ1v) is 9.75. The lowest BCUT2D eigenvalue weighted by Crippen LogP contribution is -2.37.